The van der Waals surface area contributed by atoms with Crippen LogP contribution in [0.1, 0.15) is 34.3 Å². The van der Waals surface area contributed by atoms with Gasteiger partial charge in [-0.1, -0.05) is 11.8 Å². The van der Waals surface area contributed by atoms with E-state index in [0.29, 0.717) is 17.7 Å². The SMILES string of the molecule is NC[C@H](NC(=O)c1ccc(C#CC#Cc2ccc(NC(=O)CN3CCCC3)cc2)cc1)C(=O)CO. The molecule has 0 bridgehead atoms. The molecule has 1 fully saturated rings. The Bertz CT molecular complexity index is 1160. The molecule has 8 nitrogen and oxygen atoms in total. The molecule has 0 unspecified atom stereocenters. The molecular weight excluding hydrogens is 444 g/mol. The number of aliphatic hydroxyl groups is 1. The first-order valence-electron chi connectivity index (χ1n) is 11.4. The van der Waals surface area contributed by atoms with Gasteiger partial charge in [0, 0.05) is 28.9 Å². The highest BCUT2D eigenvalue weighted by molar-refractivity contribution is 5.98. The van der Waals surface area contributed by atoms with Crippen molar-refractivity contribution in [3.8, 4) is 23.7 Å². The normalized spacial score (nSPS) is 13.5. The zero-order valence-electron chi connectivity index (χ0n) is 19.3. The molecule has 0 radical (unpaired) electrons. The van der Waals surface area contributed by atoms with Crippen molar-refractivity contribution in [1.29, 1.82) is 0 Å². The van der Waals surface area contributed by atoms with Gasteiger partial charge in [-0.2, -0.15) is 0 Å². The van der Waals surface area contributed by atoms with Crippen LogP contribution < -0.4 is 16.4 Å². The molecule has 1 atom stereocenters. The van der Waals surface area contributed by atoms with Crippen molar-refractivity contribution in [2.45, 2.75) is 18.9 Å². The number of carbonyl (C=O) groups is 3. The van der Waals surface area contributed by atoms with Gasteiger partial charge in [0.05, 0.1) is 6.54 Å². The largest absolute Gasteiger partial charge is 0.388 e. The lowest BCUT2D eigenvalue weighted by atomic mass is 10.1. The molecule has 2 aromatic rings. The lowest BCUT2D eigenvalue weighted by Gasteiger charge is -2.14. The number of carbonyl (C=O) groups excluding carboxylic acids is 3. The number of rotatable bonds is 8. The van der Waals surface area contributed by atoms with E-state index in [9.17, 15) is 14.4 Å². The number of ketones is 1. The second-order valence-electron chi connectivity index (χ2n) is 8.07. The van der Waals surface area contributed by atoms with E-state index in [1.807, 2.05) is 24.3 Å². The molecule has 1 aliphatic rings. The van der Waals surface area contributed by atoms with Gasteiger partial charge in [0.2, 0.25) is 5.91 Å². The van der Waals surface area contributed by atoms with Gasteiger partial charge in [-0.3, -0.25) is 19.3 Å². The Labute approximate surface area is 204 Å². The van der Waals surface area contributed by atoms with Crippen LogP contribution in [0.25, 0.3) is 0 Å². The molecule has 3 rings (SSSR count). The summed E-state index contributed by atoms with van der Waals surface area (Å²) in [5.41, 5.74) is 7.99. The molecule has 2 aromatic carbocycles. The Morgan fingerprint density at radius 3 is 2.06 bits per heavy atom. The predicted octanol–water partition coefficient (Wildman–Crippen LogP) is 0.743. The number of Topliss-reactive ketones (excluding diaryl/α,β-unsaturated/α-hetero) is 1. The molecular formula is C27H28N4O4. The van der Waals surface area contributed by atoms with Crippen LogP contribution in [-0.2, 0) is 9.59 Å². The molecule has 0 spiro atoms. The fraction of sp³-hybridized carbons (Fsp3) is 0.296. The highest BCUT2D eigenvalue weighted by Gasteiger charge is 2.19. The minimum Gasteiger partial charge on any atom is -0.388 e. The maximum Gasteiger partial charge on any atom is 0.251 e. The van der Waals surface area contributed by atoms with Crippen LogP contribution in [0.5, 0.6) is 0 Å². The first-order chi connectivity index (χ1) is 17.0. The van der Waals surface area contributed by atoms with Crippen molar-refractivity contribution in [3.05, 3.63) is 65.2 Å². The predicted molar refractivity (Wildman–Crippen MR) is 133 cm³/mol. The maximum absolute atomic E-state index is 12.2. The third kappa shape index (κ3) is 8.09. The summed E-state index contributed by atoms with van der Waals surface area (Å²) in [7, 11) is 0. The minimum absolute atomic E-state index is 0.0158. The lowest BCUT2D eigenvalue weighted by Crippen LogP contribution is -2.46. The summed E-state index contributed by atoms with van der Waals surface area (Å²) in [6, 6.07) is 12.9. The molecule has 180 valence electrons. The van der Waals surface area contributed by atoms with E-state index in [2.05, 4.69) is 39.2 Å². The third-order valence-corrected chi connectivity index (χ3v) is 5.44. The van der Waals surface area contributed by atoms with Gasteiger partial charge in [-0.25, -0.2) is 0 Å². The zero-order valence-corrected chi connectivity index (χ0v) is 19.3. The highest BCUT2D eigenvalue weighted by Crippen LogP contribution is 2.11. The minimum atomic E-state index is -0.928. The Morgan fingerprint density at radius 1 is 0.943 bits per heavy atom. The first kappa shape index (κ1) is 25.7. The van der Waals surface area contributed by atoms with Gasteiger partial charge >= 0.3 is 0 Å². The average Bonchev–Trinajstić information content (AvgIpc) is 3.38. The molecule has 1 aliphatic heterocycles. The van der Waals surface area contributed by atoms with Crippen LogP contribution in [0, 0.1) is 23.7 Å². The van der Waals surface area contributed by atoms with Gasteiger partial charge < -0.3 is 21.5 Å². The van der Waals surface area contributed by atoms with Gasteiger partial charge in [0.1, 0.15) is 12.6 Å². The fourth-order valence-electron chi connectivity index (χ4n) is 3.52. The van der Waals surface area contributed by atoms with E-state index in [-0.39, 0.29) is 12.5 Å². The first-order valence-corrected chi connectivity index (χ1v) is 11.4. The van der Waals surface area contributed by atoms with Crippen LogP contribution in [0.15, 0.2) is 48.5 Å². The number of nitrogens with two attached hydrogens (primary N) is 1. The quantitative estimate of drug-likeness (QED) is 0.420. The Kier molecular flexibility index (Phi) is 9.58. The van der Waals surface area contributed by atoms with Crippen LogP contribution in [0.4, 0.5) is 5.69 Å². The monoisotopic (exact) mass is 472 g/mol. The lowest BCUT2D eigenvalue weighted by molar-refractivity contribution is -0.123. The number of likely N-dealkylation sites (tertiary alicyclic amines) is 1. The molecule has 2 amide bonds. The number of hydrogen-bond acceptors (Lipinski definition) is 6. The maximum atomic E-state index is 12.2. The summed E-state index contributed by atoms with van der Waals surface area (Å²) in [5, 5.41) is 14.3. The van der Waals surface area contributed by atoms with Gasteiger partial charge in [0.25, 0.3) is 5.91 Å². The second kappa shape index (κ2) is 13.1. The summed E-state index contributed by atoms with van der Waals surface area (Å²) >= 11 is 0. The number of anilines is 1. The highest BCUT2D eigenvalue weighted by atomic mass is 16.3. The van der Waals surface area contributed by atoms with Crippen LogP contribution >= 0.6 is 0 Å². The topological polar surface area (TPSA) is 125 Å². The van der Waals surface area contributed by atoms with Crippen molar-refractivity contribution >= 4 is 23.3 Å². The van der Waals surface area contributed by atoms with E-state index in [1.54, 1.807) is 24.3 Å². The fourth-order valence-corrected chi connectivity index (χ4v) is 3.52. The second-order valence-corrected chi connectivity index (χ2v) is 8.07. The molecule has 0 aromatic heterocycles. The van der Waals surface area contributed by atoms with Gasteiger partial charge in [0.15, 0.2) is 5.78 Å². The Morgan fingerprint density at radius 2 is 1.51 bits per heavy atom. The molecule has 1 saturated heterocycles. The molecule has 5 N–H and O–H groups in total. The van der Waals surface area contributed by atoms with Crippen molar-refractivity contribution in [1.82, 2.24) is 10.2 Å². The number of amides is 2. The summed E-state index contributed by atoms with van der Waals surface area (Å²) in [6.45, 7) is 1.59. The number of aliphatic hydroxyl groups excluding tert-OH is 1. The summed E-state index contributed by atoms with van der Waals surface area (Å²) in [5.74, 6) is 10.4. The van der Waals surface area contributed by atoms with Crippen LogP contribution in [-0.4, -0.2) is 66.4 Å². The standard InChI is InChI=1S/C27H28N4O4/c28-17-24(25(33)19-32)30-27(35)22-11-7-20(8-12-22)5-1-2-6-21-9-13-23(14-10-21)29-26(34)18-31-15-3-4-16-31/h7-14,24,32H,3-4,15-19,28H2,(H,29,34)(H,30,35)/t24-/m0/s1. The molecule has 8 heteroatoms. The number of nitrogens with zero attached hydrogens (tertiary/aromatic N) is 1. The zero-order chi connectivity index (χ0) is 25.0. The molecule has 1 heterocycles. The van der Waals surface area contributed by atoms with Crippen molar-refractivity contribution in [3.63, 3.8) is 0 Å². The van der Waals surface area contributed by atoms with Crippen LogP contribution in [0.3, 0.4) is 0 Å². The van der Waals surface area contributed by atoms with Crippen molar-refractivity contribution in [2.75, 3.05) is 38.1 Å². The molecule has 0 aliphatic carbocycles. The summed E-state index contributed by atoms with van der Waals surface area (Å²) < 4.78 is 0. The number of nitrogens with one attached hydrogen (secondary N) is 2. The number of benzene rings is 2. The van der Waals surface area contributed by atoms with E-state index in [4.69, 9.17) is 10.8 Å². The summed E-state index contributed by atoms with van der Waals surface area (Å²) in [6.07, 6.45) is 2.30. The van der Waals surface area contributed by atoms with Gasteiger partial charge in [-0.05, 0) is 86.3 Å². The molecule has 35 heavy (non-hydrogen) atoms. The van der Waals surface area contributed by atoms with E-state index < -0.39 is 24.3 Å². The van der Waals surface area contributed by atoms with E-state index in [1.165, 1.54) is 0 Å². The third-order valence-electron chi connectivity index (χ3n) is 5.44. The smallest absolute Gasteiger partial charge is 0.251 e. The average molecular weight is 473 g/mol. The molecule has 0 saturated carbocycles. The Balaban J connectivity index is 1.51. The number of hydrogen-bond donors (Lipinski definition) is 4. The van der Waals surface area contributed by atoms with Crippen molar-refractivity contribution < 1.29 is 19.5 Å². The summed E-state index contributed by atoms with van der Waals surface area (Å²) in [4.78, 5) is 38.0. The van der Waals surface area contributed by atoms with E-state index >= 15 is 0 Å². The van der Waals surface area contributed by atoms with Crippen LogP contribution in [0.2, 0.25) is 0 Å². The van der Waals surface area contributed by atoms with Gasteiger partial charge in [-0.15, -0.1) is 0 Å². The van der Waals surface area contributed by atoms with E-state index in [0.717, 1.165) is 37.2 Å². The Hall–Kier alpha value is -3.95. The van der Waals surface area contributed by atoms with Crippen molar-refractivity contribution in [2.24, 2.45) is 5.73 Å².